The third-order valence-corrected chi connectivity index (χ3v) is 8.96. The first kappa shape index (κ1) is 28.5. The van der Waals surface area contributed by atoms with Gasteiger partial charge in [0, 0.05) is 6.92 Å². The second-order valence-corrected chi connectivity index (χ2v) is 12.3. The van der Waals surface area contributed by atoms with E-state index in [0.29, 0.717) is 0 Å². The first-order valence-corrected chi connectivity index (χ1v) is 15.4. The summed E-state index contributed by atoms with van der Waals surface area (Å²) in [7, 11) is 0. The molecule has 4 aromatic carbocycles. The van der Waals surface area contributed by atoms with E-state index < -0.39 is 42.1 Å². The lowest BCUT2D eigenvalue weighted by Crippen LogP contribution is -2.32. The highest BCUT2D eigenvalue weighted by Gasteiger charge is 2.48. The molecule has 44 heavy (non-hydrogen) atoms. The maximum absolute atomic E-state index is 13.8. The summed E-state index contributed by atoms with van der Waals surface area (Å²) in [5.41, 5.74) is 8.41. The number of benzene rings is 4. The van der Waals surface area contributed by atoms with E-state index in [4.69, 9.17) is 18.9 Å². The molecule has 13 rings (SSSR count). The zero-order valence-corrected chi connectivity index (χ0v) is 25.0. The molecule has 1 fully saturated rings. The third-order valence-electron chi connectivity index (χ3n) is 8.96. The largest absolute Gasteiger partial charge is 0.453 e. The molecule has 8 bridgehead atoms. The van der Waals surface area contributed by atoms with E-state index in [9.17, 15) is 9.59 Å². The van der Waals surface area contributed by atoms with Crippen molar-refractivity contribution in [3.63, 3.8) is 0 Å². The van der Waals surface area contributed by atoms with E-state index in [1.807, 2.05) is 48.5 Å². The van der Waals surface area contributed by atoms with Crippen LogP contribution in [0, 0.1) is 0 Å². The van der Waals surface area contributed by atoms with Crippen molar-refractivity contribution < 1.29 is 28.5 Å². The van der Waals surface area contributed by atoms with Crippen molar-refractivity contribution in [3.05, 3.63) is 142 Å². The molecule has 0 aromatic heterocycles. The fourth-order valence-electron chi connectivity index (χ4n) is 6.56. The molecule has 1 aliphatic heterocycles. The molecule has 0 amide bonds. The van der Waals surface area contributed by atoms with Crippen LogP contribution >= 0.6 is 0 Å². The average Bonchev–Trinajstić information content (AvgIpc) is 3.37. The molecule has 0 radical (unpaired) electrons. The fraction of sp³-hybridized carbons (Fsp3) is 0.316. The van der Waals surface area contributed by atoms with E-state index >= 15 is 0 Å². The van der Waals surface area contributed by atoms with Gasteiger partial charge in [-0.3, -0.25) is 9.59 Å². The van der Waals surface area contributed by atoms with Gasteiger partial charge in [-0.05, 0) is 77.1 Å². The van der Waals surface area contributed by atoms with Crippen LogP contribution in [0.5, 0.6) is 0 Å². The Morgan fingerprint density at radius 1 is 0.591 bits per heavy atom. The Hall–Kier alpha value is -4.26. The van der Waals surface area contributed by atoms with Gasteiger partial charge in [0.25, 0.3) is 0 Å². The maximum atomic E-state index is 13.8. The van der Waals surface area contributed by atoms with Crippen LogP contribution in [-0.2, 0) is 54.2 Å². The first-order valence-electron chi connectivity index (χ1n) is 15.4. The van der Waals surface area contributed by atoms with Gasteiger partial charge in [0.05, 0.1) is 6.42 Å². The molecule has 1 unspecified atom stereocenters. The van der Waals surface area contributed by atoms with Crippen LogP contribution in [0.2, 0.25) is 0 Å². The molecule has 0 saturated carbocycles. The number of aryl methyl sites for hydroxylation is 4. The Labute approximate surface area is 257 Å². The van der Waals surface area contributed by atoms with Crippen molar-refractivity contribution in [2.75, 3.05) is 0 Å². The van der Waals surface area contributed by atoms with E-state index in [1.165, 1.54) is 29.2 Å². The summed E-state index contributed by atoms with van der Waals surface area (Å²) in [6.07, 6.45) is 1.14. The quantitative estimate of drug-likeness (QED) is 0.231. The van der Waals surface area contributed by atoms with Gasteiger partial charge < -0.3 is 18.9 Å². The highest BCUT2D eigenvalue weighted by atomic mass is 16.8. The summed E-state index contributed by atoms with van der Waals surface area (Å²) in [6.45, 7) is 3.16. The van der Waals surface area contributed by atoms with Gasteiger partial charge >= 0.3 is 11.9 Å². The second-order valence-electron chi connectivity index (χ2n) is 12.3. The second kappa shape index (κ2) is 11.7. The normalized spacial score (nSPS) is 25.3. The number of ether oxygens (including phenoxy) is 4. The lowest BCUT2D eigenvalue weighted by atomic mass is 9.93. The van der Waals surface area contributed by atoms with Crippen molar-refractivity contribution in [2.24, 2.45) is 0 Å². The van der Waals surface area contributed by atoms with Crippen LogP contribution in [0.25, 0.3) is 0 Å². The van der Waals surface area contributed by atoms with Crippen LogP contribution in [0.15, 0.2) is 97.1 Å². The SMILES string of the molecule is CC(=O)O[C@H]1c2ccc(cc2)CCc2ccc(cc2)[C@H]1OC(=O)CC1(C)O[C@@H]2c3ccc(cc3)CCc3ccc(cc3)[C@@H]2O1. The summed E-state index contributed by atoms with van der Waals surface area (Å²) in [5.74, 6) is -2.20. The molecule has 0 N–H and O–H groups in total. The highest BCUT2D eigenvalue weighted by Crippen LogP contribution is 2.49. The Kier molecular flexibility index (Phi) is 7.57. The molecule has 6 nitrogen and oxygen atoms in total. The van der Waals surface area contributed by atoms with Crippen molar-refractivity contribution >= 4 is 11.9 Å². The van der Waals surface area contributed by atoms with Crippen LogP contribution in [0.4, 0.5) is 0 Å². The molecule has 0 spiro atoms. The predicted molar refractivity (Wildman–Crippen MR) is 165 cm³/mol. The Balaban J connectivity index is 1.18. The van der Waals surface area contributed by atoms with Crippen LogP contribution in [0.1, 0.15) is 89.2 Å². The predicted octanol–water partition coefficient (Wildman–Crippen LogP) is 7.41. The Morgan fingerprint density at radius 3 is 1.30 bits per heavy atom. The van der Waals surface area contributed by atoms with Gasteiger partial charge in [0.1, 0.15) is 12.2 Å². The molecule has 1 heterocycles. The smallest absolute Gasteiger partial charge is 0.312 e. The summed E-state index contributed by atoms with van der Waals surface area (Å²) in [5, 5.41) is 0. The van der Waals surface area contributed by atoms with Gasteiger partial charge in [0.15, 0.2) is 18.0 Å². The van der Waals surface area contributed by atoms with E-state index in [-0.39, 0.29) is 6.42 Å². The number of rotatable bonds is 4. The van der Waals surface area contributed by atoms with Gasteiger partial charge in [-0.25, -0.2) is 0 Å². The van der Waals surface area contributed by atoms with Crippen LogP contribution in [0.3, 0.4) is 0 Å². The molecule has 8 aliphatic carbocycles. The highest BCUT2D eigenvalue weighted by molar-refractivity contribution is 5.71. The van der Waals surface area contributed by atoms with Gasteiger partial charge in [-0.15, -0.1) is 0 Å². The fourth-order valence-corrected chi connectivity index (χ4v) is 6.56. The lowest BCUT2D eigenvalue weighted by Gasteiger charge is -2.29. The molecular weight excluding hydrogens is 552 g/mol. The van der Waals surface area contributed by atoms with Crippen LogP contribution in [-0.4, -0.2) is 17.7 Å². The van der Waals surface area contributed by atoms with Crippen molar-refractivity contribution in [2.45, 2.75) is 76.2 Å². The molecular formula is C38H36O6. The Morgan fingerprint density at radius 2 is 0.932 bits per heavy atom. The van der Waals surface area contributed by atoms with Gasteiger partial charge in [-0.1, -0.05) is 97.1 Å². The maximum Gasteiger partial charge on any atom is 0.312 e. The van der Waals surface area contributed by atoms with Gasteiger partial charge in [-0.2, -0.15) is 0 Å². The zero-order chi connectivity index (χ0) is 30.3. The summed E-state index contributed by atoms with van der Waals surface area (Å²) >= 11 is 0. The molecule has 6 heteroatoms. The first-order chi connectivity index (χ1) is 21.3. The monoisotopic (exact) mass is 588 g/mol. The van der Waals surface area contributed by atoms with Crippen LogP contribution < -0.4 is 0 Å². The van der Waals surface area contributed by atoms with E-state index in [2.05, 4.69) is 48.5 Å². The zero-order valence-electron chi connectivity index (χ0n) is 25.0. The lowest BCUT2D eigenvalue weighted by molar-refractivity contribution is -0.194. The summed E-state index contributed by atoms with van der Waals surface area (Å²) < 4.78 is 25.2. The summed E-state index contributed by atoms with van der Waals surface area (Å²) in [6, 6.07) is 32.9. The van der Waals surface area contributed by atoms with Crippen molar-refractivity contribution in [1.82, 2.24) is 0 Å². The molecule has 5 atom stereocenters. The van der Waals surface area contributed by atoms with Crippen molar-refractivity contribution in [1.29, 1.82) is 0 Å². The standard InChI is InChI=1S/C38H36O6/c1-24(39)41-34-29-15-7-25(8-16-29)3-4-26-9-17-30(18-10-26)35(34)42-33(40)23-38(2)43-36-31-19-11-27(12-20-31)5-6-28-13-21-32(22-14-28)37(36)44-38/h7-22,34-37H,3-6,23H2,1-2H3/t34-,35+,36-,37+,38?/m0/s1. The molecule has 224 valence electrons. The minimum atomic E-state index is -1.24. The minimum absolute atomic E-state index is 0.142. The number of esters is 2. The number of carbonyl (C=O) groups is 2. The Bertz CT molecular complexity index is 1580. The number of carbonyl (C=O) groups excluding carboxylic acids is 2. The van der Waals surface area contributed by atoms with E-state index in [1.54, 1.807) is 6.92 Å². The van der Waals surface area contributed by atoms with Gasteiger partial charge in [0.2, 0.25) is 0 Å². The summed E-state index contributed by atoms with van der Waals surface area (Å²) in [4.78, 5) is 26.1. The number of hydrogen-bond donors (Lipinski definition) is 0. The number of hydrogen-bond acceptors (Lipinski definition) is 6. The minimum Gasteiger partial charge on any atom is -0.453 e. The average molecular weight is 589 g/mol. The topological polar surface area (TPSA) is 71.1 Å². The molecule has 1 saturated heterocycles. The van der Waals surface area contributed by atoms with E-state index in [0.717, 1.165) is 47.9 Å². The third kappa shape index (κ3) is 5.92. The van der Waals surface area contributed by atoms with Crippen molar-refractivity contribution in [3.8, 4) is 0 Å². The molecule has 9 aliphatic rings. The molecule has 4 aromatic rings.